The highest BCUT2D eigenvalue weighted by Crippen LogP contribution is 2.25. The molecule has 0 saturated carbocycles. The number of amides is 1. The van der Waals surface area contributed by atoms with Gasteiger partial charge in [-0.1, -0.05) is 0 Å². The van der Waals surface area contributed by atoms with Gasteiger partial charge in [0.1, 0.15) is 5.75 Å². The van der Waals surface area contributed by atoms with Crippen LogP contribution in [0.15, 0.2) is 24.3 Å². The van der Waals surface area contributed by atoms with E-state index in [1.165, 1.54) is 12.1 Å². The average molecular weight is 332 g/mol. The molecule has 23 heavy (non-hydrogen) atoms. The van der Waals surface area contributed by atoms with Gasteiger partial charge < -0.3 is 20.1 Å². The first-order valence-electron chi connectivity index (χ1n) is 7.23. The fourth-order valence-corrected chi connectivity index (χ4v) is 2.68. The van der Waals surface area contributed by atoms with Gasteiger partial charge in [0.15, 0.2) is 0 Å². The maximum atomic E-state index is 12.5. The zero-order chi connectivity index (χ0) is 17.0. The van der Waals surface area contributed by atoms with Gasteiger partial charge in [-0.2, -0.15) is 0 Å². The second kappa shape index (κ2) is 7.18. The van der Waals surface area contributed by atoms with Crippen molar-refractivity contribution in [3.05, 3.63) is 29.8 Å². The molecule has 1 amide bonds. The number of carbonyl (C=O) groups excluding carboxylic acids is 1. The molecule has 8 heteroatoms. The lowest BCUT2D eigenvalue weighted by atomic mass is 9.98. The van der Waals surface area contributed by atoms with Crippen molar-refractivity contribution in [1.82, 2.24) is 4.90 Å². The van der Waals surface area contributed by atoms with E-state index < -0.39 is 6.36 Å². The normalized spacial score (nSPS) is 22.0. The minimum absolute atomic E-state index is 0.0650. The smallest absolute Gasteiger partial charge is 0.406 e. The molecule has 0 aromatic heterocycles. The molecular weight excluding hydrogens is 313 g/mol. The third-order valence-electron chi connectivity index (χ3n) is 3.87. The van der Waals surface area contributed by atoms with Crippen molar-refractivity contribution in [2.45, 2.75) is 31.3 Å². The highest BCUT2D eigenvalue weighted by atomic mass is 19.4. The molecule has 5 nitrogen and oxygen atoms in total. The first-order valence-corrected chi connectivity index (χ1v) is 7.23. The minimum Gasteiger partial charge on any atom is -0.406 e. The van der Waals surface area contributed by atoms with Crippen LogP contribution in [0.4, 0.5) is 13.2 Å². The molecule has 1 heterocycles. The van der Waals surface area contributed by atoms with Crippen LogP contribution in [-0.4, -0.2) is 49.5 Å². The molecule has 0 aliphatic carbocycles. The highest BCUT2D eigenvalue weighted by molar-refractivity contribution is 5.94. The monoisotopic (exact) mass is 332 g/mol. The van der Waals surface area contributed by atoms with Crippen LogP contribution in [0.3, 0.4) is 0 Å². The number of likely N-dealkylation sites (tertiary alicyclic amines) is 1. The molecule has 128 valence electrons. The van der Waals surface area contributed by atoms with Crippen molar-refractivity contribution in [3.63, 3.8) is 0 Å². The van der Waals surface area contributed by atoms with Gasteiger partial charge in [0.2, 0.25) is 0 Å². The molecule has 1 aromatic carbocycles. The molecule has 1 aliphatic rings. The molecule has 2 rings (SSSR count). The first kappa shape index (κ1) is 17.6. The summed E-state index contributed by atoms with van der Waals surface area (Å²) in [5.74, 6) is -0.615. The zero-order valence-electron chi connectivity index (χ0n) is 12.7. The van der Waals surface area contributed by atoms with Crippen molar-refractivity contribution >= 4 is 5.91 Å². The number of piperidine rings is 1. The lowest BCUT2D eigenvalue weighted by Crippen LogP contribution is -2.51. The molecule has 0 radical (unpaired) electrons. The second-order valence-electron chi connectivity index (χ2n) is 5.34. The molecular formula is C15H19F3N2O3. The first-order chi connectivity index (χ1) is 10.8. The standard InChI is InChI=1S/C15H19F3N2O3/c1-22-13-6-7-20(11(8-13)9-19)14(21)10-2-4-12(5-3-10)23-15(16,17)18/h2-5,11,13H,6-9,19H2,1H3. The van der Waals surface area contributed by atoms with E-state index in [0.717, 1.165) is 12.1 Å². The molecule has 0 bridgehead atoms. The van der Waals surface area contributed by atoms with Crippen molar-refractivity contribution < 1.29 is 27.4 Å². The Balaban J connectivity index is 2.07. The summed E-state index contributed by atoms with van der Waals surface area (Å²) in [5.41, 5.74) is 6.03. The Bertz CT molecular complexity index is 534. The van der Waals surface area contributed by atoms with Gasteiger partial charge in [0.25, 0.3) is 5.91 Å². The Labute approximate surface area is 132 Å². The summed E-state index contributed by atoms with van der Waals surface area (Å²) in [6.45, 7) is 0.806. The fourth-order valence-electron chi connectivity index (χ4n) is 2.68. The number of halogens is 3. The minimum atomic E-state index is -4.75. The number of hydrogen-bond donors (Lipinski definition) is 1. The molecule has 1 aromatic rings. The predicted molar refractivity (Wildman–Crippen MR) is 77.0 cm³/mol. The zero-order valence-corrected chi connectivity index (χ0v) is 12.7. The Hall–Kier alpha value is -1.80. The molecule has 1 fully saturated rings. The SMILES string of the molecule is COC1CCN(C(=O)c2ccc(OC(F)(F)F)cc2)C(CN)C1. The summed E-state index contributed by atoms with van der Waals surface area (Å²) in [6.07, 6.45) is -3.34. The van der Waals surface area contributed by atoms with E-state index in [1.807, 2.05) is 0 Å². The number of nitrogens with two attached hydrogens (primary N) is 1. The van der Waals surface area contributed by atoms with Gasteiger partial charge in [-0.3, -0.25) is 4.79 Å². The van der Waals surface area contributed by atoms with Crippen molar-refractivity contribution in [3.8, 4) is 5.75 Å². The Morgan fingerprint density at radius 3 is 2.52 bits per heavy atom. The van der Waals surface area contributed by atoms with Crippen molar-refractivity contribution in [2.75, 3.05) is 20.2 Å². The fraction of sp³-hybridized carbons (Fsp3) is 0.533. The Morgan fingerprint density at radius 2 is 2.00 bits per heavy atom. The van der Waals surface area contributed by atoms with E-state index in [0.29, 0.717) is 31.5 Å². The van der Waals surface area contributed by atoms with Crippen LogP contribution in [0, 0.1) is 0 Å². The number of carbonyl (C=O) groups is 1. The van der Waals surface area contributed by atoms with Crippen molar-refractivity contribution in [1.29, 1.82) is 0 Å². The number of rotatable bonds is 4. The predicted octanol–water partition coefficient (Wildman–Crippen LogP) is 2.16. The topological polar surface area (TPSA) is 64.8 Å². The van der Waals surface area contributed by atoms with E-state index >= 15 is 0 Å². The van der Waals surface area contributed by atoms with Gasteiger partial charge in [-0.15, -0.1) is 13.2 Å². The van der Waals surface area contributed by atoms with E-state index in [-0.39, 0.29) is 23.8 Å². The number of methoxy groups -OCH3 is 1. The second-order valence-corrected chi connectivity index (χ2v) is 5.34. The van der Waals surface area contributed by atoms with Gasteiger partial charge >= 0.3 is 6.36 Å². The van der Waals surface area contributed by atoms with Gasteiger partial charge in [0, 0.05) is 31.8 Å². The largest absolute Gasteiger partial charge is 0.573 e. The average Bonchev–Trinajstić information content (AvgIpc) is 2.52. The van der Waals surface area contributed by atoms with Gasteiger partial charge in [-0.25, -0.2) is 0 Å². The van der Waals surface area contributed by atoms with Crippen LogP contribution < -0.4 is 10.5 Å². The summed E-state index contributed by atoms with van der Waals surface area (Å²) in [6, 6.07) is 4.74. The highest BCUT2D eigenvalue weighted by Gasteiger charge is 2.32. The van der Waals surface area contributed by atoms with Crippen LogP contribution >= 0.6 is 0 Å². The van der Waals surface area contributed by atoms with E-state index in [4.69, 9.17) is 10.5 Å². The molecule has 1 aliphatic heterocycles. The number of nitrogens with zero attached hydrogens (tertiary/aromatic N) is 1. The van der Waals surface area contributed by atoms with Gasteiger partial charge in [0.05, 0.1) is 6.10 Å². The molecule has 2 N–H and O–H groups in total. The molecule has 1 saturated heterocycles. The van der Waals surface area contributed by atoms with Gasteiger partial charge in [-0.05, 0) is 37.1 Å². The molecule has 2 unspecified atom stereocenters. The van der Waals surface area contributed by atoms with Crippen LogP contribution in [0.25, 0.3) is 0 Å². The summed E-state index contributed by atoms with van der Waals surface area (Å²) in [4.78, 5) is 14.2. The van der Waals surface area contributed by atoms with Crippen LogP contribution in [0.1, 0.15) is 23.2 Å². The van der Waals surface area contributed by atoms with Crippen molar-refractivity contribution in [2.24, 2.45) is 5.73 Å². The summed E-state index contributed by atoms with van der Waals surface area (Å²) >= 11 is 0. The van der Waals surface area contributed by atoms with E-state index in [1.54, 1.807) is 12.0 Å². The number of ether oxygens (including phenoxy) is 2. The summed E-state index contributed by atoms with van der Waals surface area (Å²) in [7, 11) is 1.62. The van der Waals surface area contributed by atoms with Crippen LogP contribution in [0.2, 0.25) is 0 Å². The Kier molecular flexibility index (Phi) is 5.48. The third-order valence-corrected chi connectivity index (χ3v) is 3.87. The lowest BCUT2D eigenvalue weighted by Gasteiger charge is -2.38. The van der Waals surface area contributed by atoms with E-state index in [9.17, 15) is 18.0 Å². The number of alkyl halides is 3. The molecule has 0 spiro atoms. The third kappa shape index (κ3) is 4.59. The van der Waals surface area contributed by atoms with E-state index in [2.05, 4.69) is 4.74 Å². The van der Waals surface area contributed by atoms with Crippen LogP contribution in [0.5, 0.6) is 5.75 Å². The maximum Gasteiger partial charge on any atom is 0.573 e. The molecule has 2 atom stereocenters. The van der Waals surface area contributed by atoms with Crippen LogP contribution in [-0.2, 0) is 4.74 Å². The number of benzene rings is 1. The summed E-state index contributed by atoms with van der Waals surface area (Å²) in [5, 5.41) is 0. The summed E-state index contributed by atoms with van der Waals surface area (Å²) < 4.78 is 45.5. The Morgan fingerprint density at radius 1 is 1.35 bits per heavy atom. The lowest BCUT2D eigenvalue weighted by molar-refractivity contribution is -0.274. The maximum absolute atomic E-state index is 12.5. The number of hydrogen-bond acceptors (Lipinski definition) is 4. The quantitative estimate of drug-likeness (QED) is 0.918.